The van der Waals surface area contributed by atoms with Crippen molar-refractivity contribution in [2.75, 3.05) is 5.32 Å². The van der Waals surface area contributed by atoms with Crippen LogP contribution < -0.4 is 5.32 Å². The summed E-state index contributed by atoms with van der Waals surface area (Å²) in [7, 11) is 0. The zero-order valence-electron chi connectivity index (χ0n) is 14.6. The number of carbonyl (C=O) groups is 1. The molecule has 0 aliphatic heterocycles. The van der Waals surface area contributed by atoms with Crippen LogP contribution in [0.3, 0.4) is 0 Å². The molecule has 3 aromatic rings. The monoisotopic (exact) mass is 398 g/mol. The largest absolute Gasteiger partial charge is 0.307 e. The lowest BCUT2D eigenvalue weighted by Gasteiger charge is -2.15. The van der Waals surface area contributed by atoms with Crippen molar-refractivity contribution in [1.82, 2.24) is 14.8 Å². The Kier molecular flexibility index (Phi) is 5.45. The minimum absolute atomic E-state index is 0.197. The predicted molar refractivity (Wildman–Crippen MR) is 107 cm³/mol. The summed E-state index contributed by atoms with van der Waals surface area (Å²) in [5.41, 5.74) is 0.515. The van der Waals surface area contributed by atoms with Gasteiger partial charge in [0.25, 0.3) is 5.91 Å². The van der Waals surface area contributed by atoms with Crippen molar-refractivity contribution in [2.24, 2.45) is 0 Å². The third-order valence-electron chi connectivity index (χ3n) is 4.64. The normalized spacial score (nSPS) is 14.4. The lowest BCUT2D eigenvalue weighted by Crippen LogP contribution is -2.18. The summed E-state index contributed by atoms with van der Waals surface area (Å²) < 4.78 is 1.93. The van der Waals surface area contributed by atoms with E-state index in [2.05, 4.69) is 15.4 Å². The number of halogens is 1. The van der Waals surface area contributed by atoms with Gasteiger partial charge in [0.1, 0.15) is 10.8 Å². The highest BCUT2D eigenvalue weighted by Crippen LogP contribution is 2.34. The van der Waals surface area contributed by atoms with Gasteiger partial charge in [0.2, 0.25) is 0 Å². The molecule has 0 saturated heterocycles. The first-order chi connectivity index (χ1) is 13.2. The summed E-state index contributed by atoms with van der Waals surface area (Å²) >= 11 is 7.64. The second kappa shape index (κ2) is 8.15. The Hall–Kier alpha value is -2.31. The molecule has 1 fully saturated rings. The quantitative estimate of drug-likeness (QED) is 0.620. The average molecular weight is 399 g/mol. The molecular formula is C20H19ClN4OS. The first-order valence-corrected chi connectivity index (χ1v) is 10.1. The summed E-state index contributed by atoms with van der Waals surface area (Å²) in [5, 5.41) is 8.67. The molecule has 27 heavy (non-hydrogen) atoms. The van der Waals surface area contributed by atoms with Crippen molar-refractivity contribution in [3.8, 4) is 0 Å². The topological polar surface area (TPSA) is 59.8 Å². The van der Waals surface area contributed by atoms with Crippen LogP contribution in [0.2, 0.25) is 5.02 Å². The number of rotatable bonds is 5. The van der Waals surface area contributed by atoms with E-state index in [9.17, 15) is 4.79 Å². The van der Waals surface area contributed by atoms with Crippen LogP contribution in [0.25, 0.3) is 0 Å². The second-order valence-electron chi connectivity index (χ2n) is 6.44. The van der Waals surface area contributed by atoms with Gasteiger partial charge < -0.3 is 5.32 Å². The van der Waals surface area contributed by atoms with E-state index in [1.54, 1.807) is 24.5 Å². The van der Waals surface area contributed by atoms with Crippen LogP contribution in [0, 0.1) is 0 Å². The molecule has 2 heterocycles. The van der Waals surface area contributed by atoms with Gasteiger partial charge in [-0.05, 0) is 37.1 Å². The van der Waals surface area contributed by atoms with Gasteiger partial charge in [-0.25, -0.2) is 9.67 Å². The first-order valence-electron chi connectivity index (χ1n) is 8.94. The van der Waals surface area contributed by atoms with E-state index >= 15 is 0 Å². The SMILES string of the molecule is O=C(Nc1ccnn1C1CCCC1)c1cccnc1Sc1ccccc1Cl. The van der Waals surface area contributed by atoms with Crippen molar-refractivity contribution >= 4 is 35.1 Å². The van der Waals surface area contributed by atoms with Gasteiger partial charge in [-0.15, -0.1) is 0 Å². The molecule has 7 heteroatoms. The number of amides is 1. The number of nitrogens with one attached hydrogen (secondary N) is 1. The van der Waals surface area contributed by atoms with Crippen LogP contribution in [0.15, 0.2) is 64.8 Å². The van der Waals surface area contributed by atoms with E-state index < -0.39 is 0 Å². The van der Waals surface area contributed by atoms with Gasteiger partial charge in [-0.3, -0.25) is 4.79 Å². The third kappa shape index (κ3) is 4.01. The maximum Gasteiger partial charge on any atom is 0.259 e. The summed E-state index contributed by atoms with van der Waals surface area (Å²) in [6.07, 6.45) is 8.03. The van der Waals surface area contributed by atoms with Crippen molar-refractivity contribution in [3.63, 3.8) is 0 Å². The van der Waals surface area contributed by atoms with E-state index in [1.807, 2.05) is 35.0 Å². The molecule has 0 atom stereocenters. The van der Waals surface area contributed by atoms with Gasteiger partial charge >= 0.3 is 0 Å². The third-order valence-corrected chi connectivity index (χ3v) is 6.18. The number of benzene rings is 1. The Balaban J connectivity index is 1.56. The standard InChI is InChI=1S/C20H19ClN4OS/c21-16-9-3-4-10-17(16)27-20-15(8-5-12-22-20)19(26)24-18-11-13-23-25(18)14-6-1-2-7-14/h3-5,8-14H,1-2,6-7H2,(H,24,26). The maximum atomic E-state index is 12.9. The summed E-state index contributed by atoms with van der Waals surface area (Å²) in [6.45, 7) is 0. The number of anilines is 1. The summed E-state index contributed by atoms with van der Waals surface area (Å²) in [5.74, 6) is 0.529. The van der Waals surface area contributed by atoms with Crippen molar-refractivity contribution < 1.29 is 4.79 Å². The van der Waals surface area contributed by atoms with Crippen LogP contribution in [0.5, 0.6) is 0 Å². The van der Waals surface area contributed by atoms with Gasteiger partial charge in [-0.2, -0.15) is 5.10 Å². The Morgan fingerprint density at radius 2 is 1.93 bits per heavy atom. The molecule has 5 nitrogen and oxygen atoms in total. The summed E-state index contributed by atoms with van der Waals surface area (Å²) in [4.78, 5) is 18.2. The molecule has 4 rings (SSSR count). The van der Waals surface area contributed by atoms with Crippen LogP contribution in [0.1, 0.15) is 42.1 Å². The fourth-order valence-electron chi connectivity index (χ4n) is 3.31. The number of hydrogen-bond donors (Lipinski definition) is 1. The van der Waals surface area contributed by atoms with Crippen LogP contribution >= 0.6 is 23.4 Å². The van der Waals surface area contributed by atoms with Crippen LogP contribution in [-0.4, -0.2) is 20.7 Å². The van der Waals surface area contributed by atoms with Crippen molar-refractivity contribution in [3.05, 3.63) is 65.4 Å². The highest BCUT2D eigenvalue weighted by atomic mass is 35.5. The molecule has 0 spiro atoms. The molecule has 0 radical (unpaired) electrons. The minimum atomic E-state index is -0.197. The van der Waals surface area contributed by atoms with E-state index in [1.165, 1.54) is 24.6 Å². The highest BCUT2D eigenvalue weighted by Gasteiger charge is 2.22. The van der Waals surface area contributed by atoms with Crippen molar-refractivity contribution in [2.45, 2.75) is 41.6 Å². The van der Waals surface area contributed by atoms with E-state index in [-0.39, 0.29) is 5.91 Å². The molecule has 1 saturated carbocycles. The Morgan fingerprint density at radius 3 is 2.74 bits per heavy atom. The van der Waals surface area contributed by atoms with Gasteiger partial charge in [0.15, 0.2) is 0 Å². The number of nitrogens with zero attached hydrogens (tertiary/aromatic N) is 3. The number of hydrogen-bond acceptors (Lipinski definition) is 4. The Labute approximate surface area is 167 Å². The lowest BCUT2D eigenvalue weighted by atomic mass is 10.2. The fraction of sp³-hybridized carbons (Fsp3) is 0.250. The average Bonchev–Trinajstić information content (AvgIpc) is 3.35. The van der Waals surface area contributed by atoms with Crippen LogP contribution in [0.4, 0.5) is 5.82 Å². The van der Waals surface area contributed by atoms with Gasteiger partial charge in [0.05, 0.1) is 22.8 Å². The fourth-order valence-corrected chi connectivity index (χ4v) is 4.47. The maximum absolute atomic E-state index is 12.9. The molecule has 138 valence electrons. The summed E-state index contributed by atoms with van der Waals surface area (Å²) in [6, 6.07) is 13.3. The Morgan fingerprint density at radius 1 is 1.11 bits per heavy atom. The van der Waals surface area contributed by atoms with Gasteiger partial charge in [-0.1, -0.05) is 48.3 Å². The number of aromatic nitrogens is 3. The zero-order chi connectivity index (χ0) is 18.6. The van der Waals surface area contributed by atoms with Crippen molar-refractivity contribution in [1.29, 1.82) is 0 Å². The molecular weight excluding hydrogens is 380 g/mol. The molecule has 1 aliphatic carbocycles. The Bertz CT molecular complexity index is 952. The smallest absolute Gasteiger partial charge is 0.259 e. The molecule has 1 aliphatic rings. The van der Waals surface area contributed by atoms with E-state index in [0.29, 0.717) is 21.7 Å². The van der Waals surface area contributed by atoms with E-state index in [0.717, 1.165) is 23.6 Å². The lowest BCUT2D eigenvalue weighted by molar-refractivity contribution is 0.102. The number of carbonyl (C=O) groups excluding carboxylic acids is 1. The highest BCUT2D eigenvalue weighted by molar-refractivity contribution is 7.99. The van der Waals surface area contributed by atoms with Gasteiger partial charge in [0, 0.05) is 17.2 Å². The molecule has 1 amide bonds. The minimum Gasteiger partial charge on any atom is -0.307 e. The first kappa shape index (κ1) is 18.1. The molecule has 0 unspecified atom stereocenters. The zero-order valence-corrected chi connectivity index (χ0v) is 16.2. The second-order valence-corrected chi connectivity index (χ2v) is 7.88. The molecule has 0 bridgehead atoms. The molecule has 1 N–H and O–H groups in total. The van der Waals surface area contributed by atoms with E-state index in [4.69, 9.17) is 11.6 Å². The number of pyridine rings is 1. The molecule has 2 aromatic heterocycles. The molecule has 1 aromatic carbocycles. The predicted octanol–water partition coefficient (Wildman–Crippen LogP) is 5.45. The van der Waals surface area contributed by atoms with Crippen LogP contribution in [-0.2, 0) is 0 Å².